The molecule has 154 valence electrons. The number of nitrogens with one attached hydrogen (secondary N) is 1. The summed E-state index contributed by atoms with van der Waals surface area (Å²) in [5.41, 5.74) is 4.47. The summed E-state index contributed by atoms with van der Waals surface area (Å²) in [6.07, 6.45) is 7.51. The van der Waals surface area contributed by atoms with Gasteiger partial charge in [0.05, 0.1) is 18.0 Å². The van der Waals surface area contributed by atoms with Gasteiger partial charge in [-0.1, -0.05) is 30.9 Å². The van der Waals surface area contributed by atoms with Gasteiger partial charge in [0.15, 0.2) is 11.5 Å². The van der Waals surface area contributed by atoms with E-state index >= 15 is 0 Å². The third-order valence-corrected chi connectivity index (χ3v) is 4.94. The molecule has 31 heavy (non-hydrogen) atoms. The van der Waals surface area contributed by atoms with E-state index in [1.807, 2.05) is 61.5 Å². The fourth-order valence-electron chi connectivity index (χ4n) is 3.31. The molecule has 1 N–H and O–H groups in total. The first kappa shape index (κ1) is 20.2. The fraction of sp³-hybridized carbons (Fsp3) is 0.160. The van der Waals surface area contributed by atoms with Crippen molar-refractivity contribution in [1.29, 1.82) is 5.26 Å². The Balaban J connectivity index is 1.63. The molecule has 6 heteroatoms. The standard InChI is InChI=1S/C25H22N4O2/c1-3-18(10-11-26)5-4-17(2)29-25-21-14-19(6-8-22(21)27-16-28-25)20-7-9-23-24(15-20)31-13-12-30-23/h3-9,14-16H,2,10,12-13H2,1H3,(H,27,28,29)/b5-4-,18-3+. The quantitative estimate of drug-likeness (QED) is 0.547. The number of allylic oxidation sites excluding steroid dienone is 4. The Morgan fingerprint density at radius 3 is 2.68 bits per heavy atom. The predicted molar refractivity (Wildman–Crippen MR) is 122 cm³/mol. The summed E-state index contributed by atoms with van der Waals surface area (Å²) in [4.78, 5) is 8.78. The molecule has 0 aliphatic carbocycles. The average Bonchev–Trinajstić information content (AvgIpc) is 2.81. The normalized spacial score (nSPS) is 13.2. The largest absolute Gasteiger partial charge is 0.486 e. The first-order chi connectivity index (χ1) is 15.2. The number of anilines is 1. The lowest BCUT2D eigenvalue weighted by atomic mass is 10.0. The molecule has 0 spiro atoms. The molecule has 0 bridgehead atoms. The highest BCUT2D eigenvalue weighted by Crippen LogP contribution is 2.35. The second kappa shape index (κ2) is 9.14. The highest BCUT2D eigenvalue weighted by Gasteiger charge is 2.13. The van der Waals surface area contributed by atoms with Crippen LogP contribution in [-0.4, -0.2) is 23.2 Å². The fourth-order valence-corrected chi connectivity index (χ4v) is 3.31. The minimum atomic E-state index is 0.357. The zero-order valence-corrected chi connectivity index (χ0v) is 17.3. The summed E-state index contributed by atoms with van der Waals surface area (Å²) in [6, 6.07) is 14.1. The van der Waals surface area contributed by atoms with Crippen LogP contribution in [-0.2, 0) is 0 Å². The first-order valence-electron chi connectivity index (χ1n) is 9.99. The maximum atomic E-state index is 8.88. The summed E-state index contributed by atoms with van der Waals surface area (Å²) in [6.45, 7) is 7.08. The van der Waals surface area contributed by atoms with Gasteiger partial charge in [0.25, 0.3) is 0 Å². The number of benzene rings is 2. The van der Waals surface area contributed by atoms with Crippen molar-refractivity contribution in [1.82, 2.24) is 9.97 Å². The number of hydrogen-bond donors (Lipinski definition) is 1. The van der Waals surface area contributed by atoms with E-state index in [0.717, 1.165) is 39.1 Å². The molecule has 0 atom stereocenters. The second-order valence-corrected chi connectivity index (χ2v) is 6.99. The Hall–Kier alpha value is -4.11. The van der Waals surface area contributed by atoms with Gasteiger partial charge in [-0.2, -0.15) is 5.26 Å². The Morgan fingerprint density at radius 2 is 1.87 bits per heavy atom. The van der Waals surface area contributed by atoms with E-state index in [9.17, 15) is 0 Å². The Morgan fingerprint density at radius 1 is 1.10 bits per heavy atom. The smallest absolute Gasteiger partial charge is 0.161 e. The predicted octanol–water partition coefficient (Wildman–Crippen LogP) is 5.41. The third kappa shape index (κ3) is 4.57. The maximum absolute atomic E-state index is 8.88. The van der Waals surface area contributed by atoms with Gasteiger partial charge in [-0.3, -0.25) is 0 Å². The van der Waals surface area contributed by atoms with E-state index in [4.69, 9.17) is 14.7 Å². The zero-order chi connectivity index (χ0) is 21.6. The summed E-state index contributed by atoms with van der Waals surface area (Å²) in [5, 5.41) is 13.0. The van der Waals surface area contributed by atoms with Crippen LogP contribution in [0.2, 0.25) is 0 Å². The van der Waals surface area contributed by atoms with Crippen LogP contribution in [0.1, 0.15) is 13.3 Å². The zero-order valence-electron chi connectivity index (χ0n) is 17.3. The molecular formula is C25H22N4O2. The number of fused-ring (bicyclic) bond motifs is 2. The van der Waals surface area contributed by atoms with Crippen LogP contribution < -0.4 is 14.8 Å². The van der Waals surface area contributed by atoms with E-state index in [-0.39, 0.29) is 0 Å². The molecule has 1 aromatic heterocycles. The van der Waals surface area contributed by atoms with Crippen molar-refractivity contribution in [3.05, 3.63) is 78.8 Å². The van der Waals surface area contributed by atoms with Crippen molar-refractivity contribution >= 4 is 16.7 Å². The molecule has 0 fully saturated rings. The second-order valence-electron chi connectivity index (χ2n) is 6.99. The van der Waals surface area contributed by atoms with Crippen LogP contribution in [0.4, 0.5) is 5.82 Å². The molecule has 3 aromatic rings. The summed E-state index contributed by atoms with van der Waals surface area (Å²) in [5.74, 6) is 2.19. The molecule has 0 unspecified atom stereocenters. The lowest BCUT2D eigenvalue weighted by molar-refractivity contribution is 0.171. The summed E-state index contributed by atoms with van der Waals surface area (Å²) in [7, 11) is 0. The lowest BCUT2D eigenvalue weighted by Crippen LogP contribution is -2.15. The number of nitriles is 1. The van der Waals surface area contributed by atoms with Crippen molar-refractivity contribution in [2.24, 2.45) is 0 Å². The van der Waals surface area contributed by atoms with Crippen molar-refractivity contribution < 1.29 is 9.47 Å². The molecule has 1 aliphatic rings. The van der Waals surface area contributed by atoms with E-state index < -0.39 is 0 Å². The Kier molecular flexibility index (Phi) is 5.95. The number of hydrogen-bond acceptors (Lipinski definition) is 6. The molecule has 0 amide bonds. The Labute approximate surface area is 181 Å². The average molecular weight is 410 g/mol. The molecule has 1 aliphatic heterocycles. The molecule has 2 aromatic carbocycles. The van der Waals surface area contributed by atoms with Gasteiger partial charge < -0.3 is 14.8 Å². The van der Waals surface area contributed by atoms with Gasteiger partial charge >= 0.3 is 0 Å². The SMILES string of the molecule is C=C(/C=C\C(=C/C)CC#N)Nc1ncnc2ccc(-c3ccc4c(c3)OCCO4)cc12. The highest BCUT2D eigenvalue weighted by atomic mass is 16.6. The van der Waals surface area contributed by atoms with E-state index in [1.165, 1.54) is 6.33 Å². The molecule has 0 saturated carbocycles. The number of nitrogens with zero attached hydrogens (tertiary/aromatic N) is 3. The van der Waals surface area contributed by atoms with Gasteiger partial charge in [0, 0.05) is 11.1 Å². The maximum Gasteiger partial charge on any atom is 0.161 e. The van der Waals surface area contributed by atoms with Gasteiger partial charge in [0.1, 0.15) is 25.4 Å². The first-order valence-corrected chi connectivity index (χ1v) is 9.99. The highest BCUT2D eigenvalue weighted by molar-refractivity contribution is 5.93. The third-order valence-electron chi connectivity index (χ3n) is 4.94. The van der Waals surface area contributed by atoms with Crippen molar-refractivity contribution in [2.45, 2.75) is 13.3 Å². The van der Waals surface area contributed by atoms with Gasteiger partial charge in [-0.05, 0) is 54.0 Å². The van der Waals surface area contributed by atoms with Gasteiger partial charge in [0.2, 0.25) is 0 Å². The lowest BCUT2D eigenvalue weighted by Gasteiger charge is -2.19. The van der Waals surface area contributed by atoms with Crippen LogP contribution in [0, 0.1) is 11.3 Å². The number of rotatable bonds is 6. The topological polar surface area (TPSA) is 80.1 Å². The monoisotopic (exact) mass is 410 g/mol. The van der Waals surface area contributed by atoms with Crippen LogP contribution in [0.3, 0.4) is 0 Å². The van der Waals surface area contributed by atoms with Crippen molar-refractivity contribution in [3.8, 4) is 28.7 Å². The molecule has 0 saturated heterocycles. The van der Waals surface area contributed by atoms with Crippen molar-refractivity contribution in [3.63, 3.8) is 0 Å². The van der Waals surface area contributed by atoms with Crippen LogP contribution >= 0.6 is 0 Å². The number of aromatic nitrogens is 2. The molecule has 0 radical (unpaired) electrons. The minimum absolute atomic E-state index is 0.357. The van der Waals surface area contributed by atoms with Gasteiger partial charge in [-0.25, -0.2) is 9.97 Å². The number of ether oxygens (including phenoxy) is 2. The minimum Gasteiger partial charge on any atom is -0.486 e. The van der Waals surface area contributed by atoms with Crippen molar-refractivity contribution in [2.75, 3.05) is 18.5 Å². The molecule has 4 rings (SSSR count). The summed E-state index contributed by atoms with van der Waals surface area (Å²) >= 11 is 0. The van der Waals surface area contributed by atoms with E-state index in [1.54, 1.807) is 0 Å². The van der Waals surface area contributed by atoms with Crippen LogP contribution in [0.5, 0.6) is 11.5 Å². The van der Waals surface area contributed by atoms with Crippen LogP contribution in [0.25, 0.3) is 22.0 Å². The van der Waals surface area contributed by atoms with E-state index in [2.05, 4.69) is 27.9 Å². The Bertz CT molecular complexity index is 1240. The molecule has 2 heterocycles. The summed E-state index contributed by atoms with van der Waals surface area (Å²) < 4.78 is 11.3. The molecular weight excluding hydrogens is 388 g/mol. The van der Waals surface area contributed by atoms with Crippen LogP contribution in [0.15, 0.2) is 78.8 Å². The van der Waals surface area contributed by atoms with Gasteiger partial charge in [-0.15, -0.1) is 0 Å². The molecule has 6 nitrogen and oxygen atoms in total. The van der Waals surface area contributed by atoms with E-state index in [0.29, 0.717) is 31.1 Å².